The maximum atomic E-state index is 12.5. The second-order valence-electron chi connectivity index (χ2n) is 7.75. The van der Waals surface area contributed by atoms with Gasteiger partial charge in [-0.3, -0.25) is 4.79 Å². The van der Waals surface area contributed by atoms with E-state index in [1.165, 1.54) is 29.8 Å². The van der Waals surface area contributed by atoms with Crippen molar-refractivity contribution in [2.24, 2.45) is 5.92 Å². The highest BCUT2D eigenvalue weighted by Crippen LogP contribution is 2.37. The first-order valence-electron chi connectivity index (χ1n) is 10.2. The van der Waals surface area contributed by atoms with E-state index in [-0.39, 0.29) is 5.91 Å². The number of hydrogen-bond acceptors (Lipinski definition) is 4. The molecule has 5 nitrogen and oxygen atoms in total. The average Bonchev–Trinajstić information content (AvgIpc) is 3.54. The number of benzene rings is 2. The number of carbonyl (C=O) groups excluding carboxylic acids is 1. The molecule has 0 unspecified atom stereocenters. The summed E-state index contributed by atoms with van der Waals surface area (Å²) in [6, 6.07) is 16.5. The topological polar surface area (TPSA) is 44.8 Å². The lowest BCUT2D eigenvalue weighted by molar-refractivity contribution is -0.119. The smallest absolute Gasteiger partial charge is 0.239 e. The van der Waals surface area contributed by atoms with Crippen molar-refractivity contribution in [1.29, 1.82) is 0 Å². The van der Waals surface area contributed by atoms with Crippen LogP contribution in [0.25, 0.3) is 0 Å². The fraction of sp³-hybridized carbons (Fsp3) is 0.435. The van der Waals surface area contributed by atoms with Crippen molar-refractivity contribution >= 4 is 17.3 Å². The summed E-state index contributed by atoms with van der Waals surface area (Å²) in [5.41, 5.74) is 3.61. The highest BCUT2D eigenvalue weighted by atomic mass is 16.5. The van der Waals surface area contributed by atoms with Crippen molar-refractivity contribution in [3.63, 3.8) is 0 Å². The van der Waals surface area contributed by atoms with E-state index in [0.29, 0.717) is 13.1 Å². The van der Waals surface area contributed by atoms with Crippen molar-refractivity contribution in [2.75, 3.05) is 49.6 Å². The van der Waals surface area contributed by atoms with Crippen LogP contribution in [-0.4, -0.2) is 45.7 Å². The molecule has 1 heterocycles. The van der Waals surface area contributed by atoms with Gasteiger partial charge in [-0.05, 0) is 55.0 Å². The number of nitrogens with one attached hydrogen (secondary N) is 1. The first-order chi connectivity index (χ1) is 13.7. The molecule has 28 heavy (non-hydrogen) atoms. The van der Waals surface area contributed by atoms with Crippen LogP contribution in [-0.2, 0) is 11.2 Å². The second kappa shape index (κ2) is 8.55. The zero-order chi connectivity index (χ0) is 19.3. The number of amides is 1. The van der Waals surface area contributed by atoms with Gasteiger partial charge >= 0.3 is 0 Å². The Morgan fingerprint density at radius 2 is 1.82 bits per heavy atom. The van der Waals surface area contributed by atoms with Crippen LogP contribution in [0.3, 0.4) is 0 Å². The Hall–Kier alpha value is -2.69. The SMILES string of the molecule is COc1cccc(CCNC(=O)CN2CCN(CC3CC3)c3ccccc32)c1. The number of carbonyl (C=O) groups is 1. The molecule has 1 fully saturated rings. The molecule has 0 saturated heterocycles. The fourth-order valence-corrected chi connectivity index (χ4v) is 3.85. The van der Waals surface area contributed by atoms with Gasteiger partial charge in [-0.1, -0.05) is 24.3 Å². The minimum Gasteiger partial charge on any atom is -0.497 e. The minimum atomic E-state index is 0.0772. The van der Waals surface area contributed by atoms with Crippen LogP contribution in [0.15, 0.2) is 48.5 Å². The lowest BCUT2D eigenvalue weighted by Crippen LogP contribution is -2.46. The van der Waals surface area contributed by atoms with Crippen molar-refractivity contribution in [1.82, 2.24) is 5.32 Å². The Morgan fingerprint density at radius 3 is 2.57 bits per heavy atom. The summed E-state index contributed by atoms with van der Waals surface area (Å²) in [6.07, 6.45) is 3.52. The summed E-state index contributed by atoms with van der Waals surface area (Å²) >= 11 is 0. The summed E-state index contributed by atoms with van der Waals surface area (Å²) < 4.78 is 5.25. The Labute approximate surface area is 167 Å². The lowest BCUT2D eigenvalue weighted by Gasteiger charge is -2.38. The summed E-state index contributed by atoms with van der Waals surface area (Å²) in [4.78, 5) is 17.2. The molecule has 1 aliphatic heterocycles. The highest BCUT2D eigenvalue weighted by molar-refractivity contribution is 5.84. The van der Waals surface area contributed by atoms with E-state index in [2.05, 4.69) is 45.4 Å². The predicted octanol–water partition coefficient (Wildman–Crippen LogP) is 3.09. The first kappa shape index (κ1) is 18.7. The van der Waals surface area contributed by atoms with Crippen LogP contribution < -0.4 is 19.9 Å². The molecule has 1 amide bonds. The van der Waals surface area contributed by atoms with Crippen LogP contribution in [0, 0.1) is 5.92 Å². The molecule has 0 atom stereocenters. The van der Waals surface area contributed by atoms with E-state index in [4.69, 9.17) is 4.74 Å². The van der Waals surface area contributed by atoms with Gasteiger partial charge in [0.05, 0.1) is 25.0 Å². The zero-order valence-electron chi connectivity index (χ0n) is 16.6. The number of fused-ring (bicyclic) bond motifs is 1. The number of rotatable bonds is 8. The standard InChI is InChI=1S/C23H29N3O2/c1-28-20-6-4-5-18(15-20)11-12-24-23(27)17-26-14-13-25(16-19-9-10-19)21-7-2-3-8-22(21)26/h2-8,15,19H,9-14,16-17H2,1H3,(H,24,27). The van der Waals surface area contributed by atoms with Gasteiger partial charge in [-0.15, -0.1) is 0 Å². The van der Waals surface area contributed by atoms with E-state index in [9.17, 15) is 4.79 Å². The first-order valence-corrected chi connectivity index (χ1v) is 10.2. The van der Waals surface area contributed by atoms with Gasteiger partial charge < -0.3 is 19.9 Å². The predicted molar refractivity (Wildman–Crippen MR) is 113 cm³/mol. The molecule has 148 valence electrons. The number of anilines is 2. The van der Waals surface area contributed by atoms with E-state index >= 15 is 0 Å². The van der Waals surface area contributed by atoms with Crippen molar-refractivity contribution < 1.29 is 9.53 Å². The summed E-state index contributed by atoms with van der Waals surface area (Å²) in [6.45, 7) is 4.08. The van der Waals surface area contributed by atoms with Gasteiger partial charge in [0.15, 0.2) is 0 Å². The normalized spacial score (nSPS) is 15.9. The van der Waals surface area contributed by atoms with Crippen LogP contribution >= 0.6 is 0 Å². The van der Waals surface area contributed by atoms with Crippen LogP contribution in [0.4, 0.5) is 11.4 Å². The van der Waals surface area contributed by atoms with Crippen LogP contribution in [0.2, 0.25) is 0 Å². The molecule has 1 aliphatic carbocycles. The van der Waals surface area contributed by atoms with Crippen molar-refractivity contribution in [2.45, 2.75) is 19.3 Å². The van der Waals surface area contributed by atoms with Crippen LogP contribution in [0.1, 0.15) is 18.4 Å². The Balaban J connectivity index is 1.31. The third-order valence-electron chi connectivity index (χ3n) is 5.58. The quantitative estimate of drug-likeness (QED) is 0.766. The third-order valence-corrected chi connectivity index (χ3v) is 5.58. The van der Waals surface area contributed by atoms with Gasteiger partial charge in [0.2, 0.25) is 5.91 Å². The number of para-hydroxylation sites is 2. The number of ether oxygens (including phenoxy) is 1. The Kier molecular flexibility index (Phi) is 5.70. The fourth-order valence-electron chi connectivity index (χ4n) is 3.85. The maximum absolute atomic E-state index is 12.5. The number of methoxy groups -OCH3 is 1. The second-order valence-corrected chi connectivity index (χ2v) is 7.75. The lowest BCUT2D eigenvalue weighted by atomic mass is 10.1. The van der Waals surface area contributed by atoms with Gasteiger partial charge in [0.1, 0.15) is 5.75 Å². The van der Waals surface area contributed by atoms with Crippen LogP contribution in [0.5, 0.6) is 5.75 Å². The average molecular weight is 380 g/mol. The Morgan fingerprint density at radius 1 is 1.07 bits per heavy atom. The van der Waals surface area contributed by atoms with Gasteiger partial charge in [0, 0.05) is 26.2 Å². The van der Waals surface area contributed by atoms with Gasteiger partial charge in [-0.25, -0.2) is 0 Å². The Bertz CT molecular complexity index is 819. The molecule has 0 spiro atoms. The maximum Gasteiger partial charge on any atom is 0.239 e. The number of hydrogen-bond donors (Lipinski definition) is 1. The summed E-state index contributed by atoms with van der Waals surface area (Å²) in [7, 11) is 1.67. The molecular weight excluding hydrogens is 350 g/mol. The van der Waals surface area contributed by atoms with E-state index in [0.717, 1.165) is 37.7 Å². The largest absolute Gasteiger partial charge is 0.497 e. The molecule has 1 N–H and O–H groups in total. The minimum absolute atomic E-state index is 0.0772. The monoisotopic (exact) mass is 379 g/mol. The molecule has 0 aromatic heterocycles. The number of nitrogens with zero attached hydrogens (tertiary/aromatic N) is 2. The zero-order valence-corrected chi connectivity index (χ0v) is 16.6. The van der Waals surface area contributed by atoms with E-state index in [1.807, 2.05) is 18.2 Å². The van der Waals surface area contributed by atoms with Gasteiger partial charge in [0.25, 0.3) is 0 Å². The molecule has 2 aromatic rings. The van der Waals surface area contributed by atoms with E-state index in [1.54, 1.807) is 7.11 Å². The molecule has 2 aromatic carbocycles. The molecule has 0 bridgehead atoms. The molecule has 4 rings (SSSR count). The van der Waals surface area contributed by atoms with Gasteiger partial charge in [-0.2, -0.15) is 0 Å². The summed E-state index contributed by atoms with van der Waals surface area (Å²) in [5.74, 6) is 1.79. The van der Waals surface area contributed by atoms with E-state index < -0.39 is 0 Å². The van der Waals surface area contributed by atoms with Crippen molar-refractivity contribution in [3.8, 4) is 5.75 Å². The molecule has 1 saturated carbocycles. The third kappa shape index (κ3) is 4.58. The highest BCUT2D eigenvalue weighted by Gasteiger charge is 2.29. The molecule has 0 radical (unpaired) electrons. The molecule has 5 heteroatoms. The van der Waals surface area contributed by atoms with Crippen molar-refractivity contribution in [3.05, 3.63) is 54.1 Å². The summed E-state index contributed by atoms with van der Waals surface area (Å²) in [5, 5.41) is 3.07. The molecular formula is C23H29N3O2. The molecule has 2 aliphatic rings.